The number of esters is 1. The van der Waals surface area contributed by atoms with Crippen molar-refractivity contribution in [1.29, 1.82) is 0 Å². The summed E-state index contributed by atoms with van der Waals surface area (Å²) in [6, 6.07) is 5.99. The number of rotatable bonds is 4. The number of carbonyl (C=O) groups excluding carboxylic acids is 2. The Morgan fingerprint density at radius 3 is 2.31 bits per heavy atom. The normalized spacial score (nSPS) is 18.2. The SMILES string of the molecule is CCN1C(=O)[C@H](C(=O)OC(C)(C)C)CCc2ccc(O[Si](C)(C)C(C)(C)C)cc21. The van der Waals surface area contributed by atoms with Crippen molar-refractivity contribution in [3.05, 3.63) is 23.8 Å². The first kappa shape index (κ1) is 23.5. The second-order valence-electron chi connectivity index (χ2n) is 10.4. The number of ether oxygens (including phenoxy) is 1. The van der Waals surface area contributed by atoms with Gasteiger partial charge in [-0.15, -0.1) is 0 Å². The molecule has 0 spiro atoms. The van der Waals surface area contributed by atoms with Gasteiger partial charge in [-0.3, -0.25) is 9.59 Å². The minimum absolute atomic E-state index is 0.0852. The van der Waals surface area contributed by atoms with E-state index in [0.717, 1.165) is 17.0 Å². The van der Waals surface area contributed by atoms with Gasteiger partial charge in [0.1, 0.15) is 17.3 Å². The molecule has 1 amide bonds. The summed E-state index contributed by atoms with van der Waals surface area (Å²) in [7, 11) is -1.99. The van der Waals surface area contributed by atoms with Gasteiger partial charge in [0, 0.05) is 12.6 Å². The minimum atomic E-state index is -1.99. The molecule has 0 fully saturated rings. The molecule has 1 aromatic carbocycles. The second kappa shape index (κ2) is 8.13. The maximum absolute atomic E-state index is 13.2. The highest BCUT2D eigenvalue weighted by atomic mass is 28.4. The van der Waals surface area contributed by atoms with E-state index in [4.69, 9.17) is 9.16 Å². The average Bonchev–Trinajstić information content (AvgIpc) is 2.67. The van der Waals surface area contributed by atoms with Crippen LogP contribution < -0.4 is 9.33 Å². The Kier molecular flexibility index (Phi) is 6.58. The van der Waals surface area contributed by atoms with E-state index in [1.807, 2.05) is 45.9 Å². The summed E-state index contributed by atoms with van der Waals surface area (Å²) in [5.41, 5.74) is 1.30. The summed E-state index contributed by atoms with van der Waals surface area (Å²) >= 11 is 0. The van der Waals surface area contributed by atoms with Crippen molar-refractivity contribution < 1.29 is 18.8 Å². The number of fused-ring (bicyclic) bond motifs is 1. The lowest BCUT2D eigenvalue weighted by atomic mass is 10.00. The van der Waals surface area contributed by atoms with E-state index >= 15 is 0 Å². The van der Waals surface area contributed by atoms with Crippen LogP contribution in [0.5, 0.6) is 5.75 Å². The van der Waals surface area contributed by atoms with E-state index in [9.17, 15) is 9.59 Å². The molecular weight excluding hydrogens is 382 g/mol. The molecule has 1 aromatic rings. The van der Waals surface area contributed by atoms with Crippen molar-refractivity contribution in [2.24, 2.45) is 5.92 Å². The molecule has 0 bridgehead atoms. The molecule has 162 valence electrons. The van der Waals surface area contributed by atoms with Gasteiger partial charge in [-0.1, -0.05) is 26.8 Å². The third-order valence-electron chi connectivity index (χ3n) is 5.80. The summed E-state index contributed by atoms with van der Waals surface area (Å²) in [5, 5.41) is 0.0852. The zero-order valence-electron chi connectivity index (χ0n) is 19.5. The first-order chi connectivity index (χ1) is 13.2. The average molecular weight is 420 g/mol. The molecule has 0 unspecified atom stereocenters. The minimum Gasteiger partial charge on any atom is -0.543 e. The molecule has 29 heavy (non-hydrogen) atoms. The lowest BCUT2D eigenvalue weighted by molar-refractivity contribution is -0.162. The van der Waals surface area contributed by atoms with Crippen molar-refractivity contribution in [2.45, 2.75) is 85.0 Å². The number of carbonyl (C=O) groups is 2. The molecule has 1 aliphatic rings. The fourth-order valence-electron chi connectivity index (χ4n) is 3.17. The Hall–Kier alpha value is -1.82. The summed E-state index contributed by atoms with van der Waals surface area (Å²) in [5.74, 6) is -0.611. The standard InChI is InChI=1S/C23H37NO4Si/c1-10-24-19-15-17(28-29(8,9)23(5,6)7)13-11-16(19)12-14-18(20(24)25)21(26)27-22(2,3)4/h11,13,15,18H,10,12,14H2,1-9H3/t18-/m1/s1. The summed E-state index contributed by atoms with van der Waals surface area (Å²) in [6.07, 6.45) is 1.11. The Balaban J connectivity index is 2.35. The highest BCUT2D eigenvalue weighted by Crippen LogP contribution is 2.39. The van der Waals surface area contributed by atoms with Crippen molar-refractivity contribution in [2.75, 3.05) is 11.4 Å². The maximum atomic E-state index is 13.2. The zero-order chi connectivity index (χ0) is 22.2. The number of benzene rings is 1. The number of aryl methyl sites for hydroxylation is 1. The first-order valence-electron chi connectivity index (χ1n) is 10.5. The van der Waals surface area contributed by atoms with Crippen molar-refractivity contribution in [3.63, 3.8) is 0 Å². The largest absolute Gasteiger partial charge is 0.543 e. The zero-order valence-corrected chi connectivity index (χ0v) is 20.5. The van der Waals surface area contributed by atoms with E-state index in [1.165, 1.54) is 0 Å². The Morgan fingerprint density at radius 2 is 1.79 bits per heavy atom. The van der Waals surface area contributed by atoms with Crippen LogP contribution in [0.25, 0.3) is 0 Å². The third kappa shape index (κ3) is 5.41. The van der Waals surface area contributed by atoms with Gasteiger partial charge in [0.25, 0.3) is 0 Å². The molecule has 0 radical (unpaired) electrons. The van der Waals surface area contributed by atoms with E-state index in [1.54, 1.807) is 4.90 Å². The van der Waals surface area contributed by atoms with E-state index < -0.39 is 25.8 Å². The van der Waals surface area contributed by atoms with Crippen LogP contribution in [0.15, 0.2) is 18.2 Å². The highest BCUT2D eigenvalue weighted by molar-refractivity contribution is 6.74. The van der Waals surface area contributed by atoms with E-state index in [2.05, 4.69) is 33.9 Å². The molecule has 0 saturated heterocycles. The lowest BCUT2D eigenvalue weighted by Crippen LogP contribution is -2.44. The second-order valence-corrected chi connectivity index (χ2v) is 15.1. The monoisotopic (exact) mass is 419 g/mol. The van der Waals surface area contributed by atoms with Crippen LogP contribution >= 0.6 is 0 Å². The van der Waals surface area contributed by atoms with Gasteiger partial charge in [-0.25, -0.2) is 0 Å². The van der Waals surface area contributed by atoms with Crippen molar-refractivity contribution in [3.8, 4) is 5.75 Å². The van der Waals surface area contributed by atoms with E-state index in [0.29, 0.717) is 19.4 Å². The predicted molar refractivity (Wildman–Crippen MR) is 120 cm³/mol. The van der Waals surface area contributed by atoms with Crippen LogP contribution in [0.3, 0.4) is 0 Å². The van der Waals surface area contributed by atoms with Gasteiger partial charge in [0.2, 0.25) is 14.2 Å². The van der Waals surface area contributed by atoms with Gasteiger partial charge in [-0.05, 0) is 70.3 Å². The van der Waals surface area contributed by atoms with Crippen molar-refractivity contribution >= 4 is 25.9 Å². The van der Waals surface area contributed by atoms with Crippen molar-refractivity contribution in [1.82, 2.24) is 0 Å². The molecular formula is C23H37NO4Si. The van der Waals surface area contributed by atoms with Crippen LogP contribution in [0.4, 0.5) is 5.69 Å². The van der Waals surface area contributed by atoms with Crippen LogP contribution in [-0.2, 0) is 20.7 Å². The highest BCUT2D eigenvalue weighted by Gasteiger charge is 2.40. The smallest absolute Gasteiger partial charge is 0.319 e. The quantitative estimate of drug-likeness (QED) is 0.376. The fourth-order valence-corrected chi connectivity index (χ4v) is 4.19. The Labute approximate surface area is 176 Å². The molecule has 1 atom stereocenters. The number of amides is 1. The molecule has 1 aliphatic heterocycles. The molecule has 0 N–H and O–H groups in total. The molecule has 1 heterocycles. The molecule has 0 saturated carbocycles. The Bertz CT molecular complexity index is 774. The van der Waals surface area contributed by atoms with Crippen LogP contribution in [-0.4, -0.2) is 32.3 Å². The van der Waals surface area contributed by atoms with Gasteiger partial charge < -0.3 is 14.1 Å². The van der Waals surface area contributed by atoms with Gasteiger partial charge >= 0.3 is 5.97 Å². The predicted octanol–water partition coefficient (Wildman–Crippen LogP) is 5.33. The van der Waals surface area contributed by atoms with Gasteiger partial charge in [0.15, 0.2) is 0 Å². The van der Waals surface area contributed by atoms with Crippen LogP contribution in [0.1, 0.15) is 60.5 Å². The van der Waals surface area contributed by atoms with Gasteiger partial charge in [-0.2, -0.15) is 0 Å². The number of hydrogen-bond donors (Lipinski definition) is 0. The number of anilines is 1. The fraction of sp³-hybridized carbons (Fsp3) is 0.652. The maximum Gasteiger partial charge on any atom is 0.319 e. The molecule has 2 rings (SSSR count). The van der Waals surface area contributed by atoms with E-state index in [-0.39, 0.29) is 10.9 Å². The van der Waals surface area contributed by atoms with Crippen LogP contribution in [0, 0.1) is 5.92 Å². The summed E-state index contributed by atoms with van der Waals surface area (Å²) < 4.78 is 12.0. The molecule has 0 aromatic heterocycles. The molecule has 6 heteroatoms. The molecule has 5 nitrogen and oxygen atoms in total. The number of hydrogen-bond acceptors (Lipinski definition) is 4. The summed E-state index contributed by atoms with van der Waals surface area (Å²) in [6.45, 7) is 18.9. The third-order valence-corrected chi connectivity index (χ3v) is 10.2. The topological polar surface area (TPSA) is 55.8 Å². The summed E-state index contributed by atoms with van der Waals surface area (Å²) in [4.78, 5) is 27.6. The molecule has 0 aliphatic carbocycles. The lowest BCUT2D eigenvalue weighted by Gasteiger charge is -2.36. The Morgan fingerprint density at radius 1 is 1.17 bits per heavy atom. The number of nitrogens with zero attached hydrogens (tertiary/aromatic N) is 1. The van der Waals surface area contributed by atoms with Gasteiger partial charge in [0.05, 0.1) is 5.69 Å². The first-order valence-corrected chi connectivity index (χ1v) is 13.4. The van der Waals surface area contributed by atoms with Crippen LogP contribution in [0.2, 0.25) is 18.1 Å².